The van der Waals surface area contributed by atoms with Gasteiger partial charge in [-0.25, -0.2) is 0 Å². The van der Waals surface area contributed by atoms with E-state index in [9.17, 15) is 22.8 Å². The summed E-state index contributed by atoms with van der Waals surface area (Å²) in [5, 5.41) is -0.425. The average Bonchev–Trinajstić information content (AvgIpc) is 2.61. The maximum Gasteiger partial charge on any atom is 0.417 e. The summed E-state index contributed by atoms with van der Waals surface area (Å²) in [6, 6.07) is 3.03. The predicted molar refractivity (Wildman–Crippen MR) is 90.9 cm³/mol. The van der Waals surface area contributed by atoms with Gasteiger partial charge >= 0.3 is 6.18 Å². The van der Waals surface area contributed by atoms with Gasteiger partial charge in [-0.3, -0.25) is 9.59 Å². The second-order valence-corrected chi connectivity index (χ2v) is 7.24. The first kappa shape index (κ1) is 19.0. The highest BCUT2D eigenvalue weighted by molar-refractivity contribution is 6.31. The SMILES string of the molecule is CCCC(=O)N1CC2CCC1CN2C(=O)c1ccc(Cl)c(C(F)(F)F)c1. The lowest BCUT2D eigenvalue weighted by atomic mass is 9.89. The summed E-state index contributed by atoms with van der Waals surface area (Å²) in [6.07, 6.45) is -1.80. The molecule has 0 spiro atoms. The lowest BCUT2D eigenvalue weighted by Gasteiger charge is -2.51. The highest BCUT2D eigenvalue weighted by Crippen LogP contribution is 2.36. The number of piperazine rings is 1. The molecule has 0 aromatic heterocycles. The molecule has 142 valence electrons. The standard InChI is InChI=1S/C18H20ClF3N2O2/c1-2-3-16(25)23-9-13-6-5-12(23)10-24(13)17(26)11-4-7-15(19)14(8-11)18(20,21)22/h4,7-8,12-13H,2-3,5-6,9-10H2,1H3. The summed E-state index contributed by atoms with van der Waals surface area (Å²) in [4.78, 5) is 28.4. The van der Waals surface area contributed by atoms with Crippen molar-refractivity contribution in [1.82, 2.24) is 9.80 Å². The van der Waals surface area contributed by atoms with E-state index in [0.29, 0.717) is 19.5 Å². The first-order valence-corrected chi connectivity index (χ1v) is 9.07. The number of hydrogen-bond donors (Lipinski definition) is 0. The molecule has 0 N–H and O–H groups in total. The Morgan fingerprint density at radius 3 is 2.31 bits per heavy atom. The van der Waals surface area contributed by atoms with Crippen molar-refractivity contribution in [3.05, 3.63) is 34.3 Å². The first-order chi connectivity index (χ1) is 12.2. The zero-order valence-electron chi connectivity index (χ0n) is 14.4. The molecule has 1 aromatic rings. The van der Waals surface area contributed by atoms with Gasteiger partial charge in [-0.05, 0) is 37.5 Å². The van der Waals surface area contributed by atoms with Gasteiger partial charge in [0.25, 0.3) is 5.91 Å². The highest BCUT2D eigenvalue weighted by Gasteiger charge is 2.43. The summed E-state index contributed by atoms with van der Waals surface area (Å²) in [6.45, 7) is 2.76. The number of benzene rings is 1. The van der Waals surface area contributed by atoms with Crippen LogP contribution in [0.4, 0.5) is 13.2 Å². The molecule has 2 bridgehead atoms. The van der Waals surface area contributed by atoms with E-state index >= 15 is 0 Å². The molecule has 0 saturated carbocycles. The Morgan fingerprint density at radius 2 is 1.77 bits per heavy atom. The largest absolute Gasteiger partial charge is 0.417 e. The van der Waals surface area contributed by atoms with Gasteiger partial charge in [0.15, 0.2) is 0 Å². The molecule has 0 aliphatic carbocycles. The van der Waals surface area contributed by atoms with E-state index in [0.717, 1.165) is 31.4 Å². The van der Waals surface area contributed by atoms with E-state index in [1.165, 1.54) is 6.07 Å². The van der Waals surface area contributed by atoms with Gasteiger partial charge in [-0.1, -0.05) is 18.5 Å². The third-order valence-electron chi connectivity index (χ3n) is 5.09. The average molecular weight is 389 g/mol. The Kier molecular flexibility index (Phi) is 5.19. The fourth-order valence-corrected chi connectivity index (χ4v) is 4.01. The van der Waals surface area contributed by atoms with Crippen LogP contribution in [-0.4, -0.2) is 46.8 Å². The molecule has 3 fully saturated rings. The van der Waals surface area contributed by atoms with E-state index in [1.54, 1.807) is 4.90 Å². The fourth-order valence-electron chi connectivity index (χ4n) is 3.78. The van der Waals surface area contributed by atoms with Crippen LogP contribution in [0.15, 0.2) is 18.2 Å². The minimum Gasteiger partial charge on any atom is -0.336 e. The van der Waals surface area contributed by atoms with E-state index < -0.39 is 22.7 Å². The molecule has 3 aliphatic rings. The Bertz CT molecular complexity index is 723. The smallest absolute Gasteiger partial charge is 0.336 e. The fraction of sp³-hybridized carbons (Fsp3) is 0.556. The second kappa shape index (κ2) is 7.10. The van der Waals surface area contributed by atoms with Gasteiger partial charge in [-0.2, -0.15) is 13.2 Å². The van der Waals surface area contributed by atoms with Crippen LogP contribution >= 0.6 is 11.6 Å². The topological polar surface area (TPSA) is 40.6 Å². The van der Waals surface area contributed by atoms with Crippen LogP contribution < -0.4 is 0 Å². The molecule has 2 unspecified atom stereocenters. The lowest BCUT2D eigenvalue weighted by molar-refractivity contribution is -0.140. The minimum atomic E-state index is -4.61. The lowest BCUT2D eigenvalue weighted by Crippen LogP contribution is -2.65. The van der Waals surface area contributed by atoms with Crippen molar-refractivity contribution >= 4 is 23.4 Å². The number of carbonyl (C=O) groups is 2. The summed E-state index contributed by atoms with van der Waals surface area (Å²) in [5.74, 6) is -0.357. The summed E-state index contributed by atoms with van der Waals surface area (Å²) >= 11 is 5.63. The molecular weight excluding hydrogens is 369 g/mol. The van der Waals surface area contributed by atoms with Crippen LogP contribution in [0.25, 0.3) is 0 Å². The Balaban J connectivity index is 1.79. The zero-order valence-corrected chi connectivity index (χ0v) is 15.1. The number of rotatable bonds is 3. The maximum absolute atomic E-state index is 13.0. The van der Waals surface area contributed by atoms with Crippen molar-refractivity contribution in [1.29, 1.82) is 0 Å². The molecule has 2 atom stereocenters. The molecule has 4 rings (SSSR count). The van der Waals surface area contributed by atoms with Gasteiger partial charge in [0.1, 0.15) is 0 Å². The van der Waals surface area contributed by atoms with Gasteiger partial charge in [0, 0.05) is 37.2 Å². The second-order valence-electron chi connectivity index (χ2n) is 6.83. The Labute approximate surface area is 154 Å². The first-order valence-electron chi connectivity index (χ1n) is 8.69. The number of fused-ring (bicyclic) bond motifs is 3. The quantitative estimate of drug-likeness (QED) is 0.786. The van der Waals surface area contributed by atoms with Crippen molar-refractivity contribution in [3.8, 4) is 0 Å². The van der Waals surface area contributed by atoms with Crippen LogP contribution in [0.2, 0.25) is 5.02 Å². The van der Waals surface area contributed by atoms with Crippen molar-refractivity contribution in [2.45, 2.75) is 50.9 Å². The highest BCUT2D eigenvalue weighted by atomic mass is 35.5. The molecule has 3 aliphatic heterocycles. The summed E-state index contributed by atoms with van der Waals surface area (Å²) in [5.41, 5.74) is -1.03. The molecule has 4 nitrogen and oxygen atoms in total. The van der Waals surface area contributed by atoms with Gasteiger partial charge in [0.05, 0.1) is 10.6 Å². The number of halogens is 4. The minimum absolute atomic E-state index is 0.0271. The van der Waals surface area contributed by atoms with Gasteiger partial charge < -0.3 is 9.80 Å². The third-order valence-corrected chi connectivity index (χ3v) is 5.42. The maximum atomic E-state index is 13.0. The summed E-state index contributed by atoms with van der Waals surface area (Å²) < 4.78 is 39.1. The van der Waals surface area contributed by atoms with Crippen molar-refractivity contribution in [3.63, 3.8) is 0 Å². The van der Waals surface area contributed by atoms with Gasteiger partial charge in [0.2, 0.25) is 5.91 Å². The monoisotopic (exact) mass is 388 g/mol. The molecule has 8 heteroatoms. The Hall–Kier alpha value is -1.76. The van der Waals surface area contributed by atoms with Crippen LogP contribution in [0.3, 0.4) is 0 Å². The predicted octanol–water partition coefficient (Wildman–Crippen LogP) is 3.97. The molecule has 26 heavy (non-hydrogen) atoms. The van der Waals surface area contributed by atoms with Crippen LogP contribution in [0.1, 0.15) is 48.5 Å². The van der Waals surface area contributed by atoms with E-state index in [-0.39, 0.29) is 23.6 Å². The van der Waals surface area contributed by atoms with Crippen molar-refractivity contribution in [2.75, 3.05) is 13.1 Å². The normalized spacial score (nSPS) is 22.7. The van der Waals surface area contributed by atoms with E-state index in [4.69, 9.17) is 11.6 Å². The number of amides is 2. The molecule has 2 amide bonds. The third kappa shape index (κ3) is 3.54. The molecule has 3 saturated heterocycles. The van der Waals surface area contributed by atoms with E-state index in [1.807, 2.05) is 11.8 Å². The molecule has 3 heterocycles. The Morgan fingerprint density at radius 1 is 1.15 bits per heavy atom. The van der Waals surface area contributed by atoms with Crippen LogP contribution in [-0.2, 0) is 11.0 Å². The van der Waals surface area contributed by atoms with Crippen molar-refractivity contribution < 1.29 is 22.8 Å². The van der Waals surface area contributed by atoms with Gasteiger partial charge in [-0.15, -0.1) is 0 Å². The van der Waals surface area contributed by atoms with E-state index in [2.05, 4.69) is 0 Å². The number of nitrogens with zero attached hydrogens (tertiary/aromatic N) is 2. The van der Waals surface area contributed by atoms with Crippen molar-refractivity contribution in [2.24, 2.45) is 0 Å². The number of hydrogen-bond acceptors (Lipinski definition) is 2. The number of alkyl halides is 3. The summed E-state index contributed by atoms with van der Waals surface area (Å²) in [7, 11) is 0. The van der Waals surface area contributed by atoms with Crippen LogP contribution in [0.5, 0.6) is 0 Å². The molecule has 1 aromatic carbocycles. The molecule has 0 radical (unpaired) electrons. The zero-order chi connectivity index (χ0) is 19.1. The molecular formula is C18H20ClF3N2O2. The van der Waals surface area contributed by atoms with Crippen LogP contribution in [0, 0.1) is 0 Å². The number of carbonyl (C=O) groups excluding carboxylic acids is 2. The number of piperidine rings is 2.